The lowest BCUT2D eigenvalue weighted by molar-refractivity contribution is -0.176. The monoisotopic (exact) mass is 482 g/mol. The SMILES string of the molecule is C=C(C(=O)[C@@](C)(O)[C@@H](COC(C)=O)OC(C)=O)[Si](c1ccccc1)(c1ccccc1)C(C)(C)C. The molecule has 0 heterocycles. The molecule has 0 aliphatic carbocycles. The molecule has 0 saturated heterocycles. The van der Waals surface area contributed by atoms with Gasteiger partial charge in [-0.2, -0.15) is 0 Å². The molecule has 6 nitrogen and oxygen atoms in total. The van der Waals surface area contributed by atoms with Crippen molar-refractivity contribution in [3.05, 3.63) is 72.4 Å². The van der Waals surface area contributed by atoms with Gasteiger partial charge in [-0.15, -0.1) is 0 Å². The van der Waals surface area contributed by atoms with E-state index in [0.717, 1.165) is 17.3 Å². The molecular weight excluding hydrogens is 448 g/mol. The smallest absolute Gasteiger partial charge is 0.303 e. The largest absolute Gasteiger partial charge is 0.462 e. The Morgan fingerprint density at radius 1 is 0.882 bits per heavy atom. The van der Waals surface area contributed by atoms with Crippen molar-refractivity contribution in [2.24, 2.45) is 0 Å². The second kappa shape index (κ2) is 10.5. The van der Waals surface area contributed by atoms with E-state index in [2.05, 4.69) is 27.4 Å². The van der Waals surface area contributed by atoms with Crippen molar-refractivity contribution in [2.45, 2.75) is 58.3 Å². The Labute approximate surface area is 202 Å². The zero-order valence-corrected chi connectivity index (χ0v) is 21.8. The van der Waals surface area contributed by atoms with Gasteiger partial charge in [-0.3, -0.25) is 14.4 Å². The predicted octanol–water partition coefficient (Wildman–Crippen LogP) is 2.96. The number of rotatable bonds is 9. The first-order valence-corrected chi connectivity index (χ1v) is 13.1. The molecule has 0 unspecified atom stereocenters. The molecular formula is C27H34O6Si. The van der Waals surface area contributed by atoms with Gasteiger partial charge < -0.3 is 14.6 Å². The van der Waals surface area contributed by atoms with Crippen LogP contribution in [0, 0.1) is 0 Å². The minimum atomic E-state index is -3.11. The van der Waals surface area contributed by atoms with Crippen LogP contribution in [-0.4, -0.2) is 49.2 Å². The lowest BCUT2D eigenvalue weighted by atomic mass is 9.93. The van der Waals surface area contributed by atoms with E-state index in [0.29, 0.717) is 0 Å². The number of hydrogen-bond donors (Lipinski definition) is 1. The summed E-state index contributed by atoms with van der Waals surface area (Å²) >= 11 is 0. The highest BCUT2D eigenvalue weighted by Crippen LogP contribution is 2.41. The number of esters is 2. The highest BCUT2D eigenvalue weighted by molar-refractivity contribution is 7.11. The van der Waals surface area contributed by atoms with Crippen LogP contribution in [0.15, 0.2) is 72.4 Å². The van der Waals surface area contributed by atoms with Gasteiger partial charge >= 0.3 is 11.9 Å². The van der Waals surface area contributed by atoms with Gasteiger partial charge in [-0.05, 0) is 27.5 Å². The minimum Gasteiger partial charge on any atom is -0.462 e. The quantitative estimate of drug-likeness (QED) is 0.336. The second-order valence-corrected chi connectivity index (χ2v) is 14.3. The summed E-state index contributed by atoms with van der Waals surface area (Å²) in [4.78, 5) is 37.1. The zero-order chi connectivity index (χ0) is 25.7. The van der Waals surface area contributed by atoms with Gasteiger partial charge in [0.1, 0.15) is 6.61 Å². The first-order chi connectivity index (χ1) is 15.8. The summed E-state index contributed by atoms with van der Waals surface area (Å²) in [7, 11) is -3.11. The maximum absolute atomic E-state index is 14.0. The number of ether oxygens (including phenoxy) is 2. The number of aliphatic hydroxyl groups is 1. The lowest BCUT2D eigenvalue weighted by Crippen LogP contribution is -2.69. The molecule has 34 heavy (non-hydrogen) atoms. The van der Waals surface area contributed by atoms with Crippen LogP contribution in [0.4, 0.5) is 0 Å². The normalized spacial score (nSPS) is 14.4. The Hall–Kier alpha value is -3.03. The van der Waals surface area contributed by atoms with E-state index in [1.807, 2.05) is 60.7 Å². The molecule has 1 N–H and O–H groups in total. The summed E-state index contributed by atoms with van der Waals surface area (Å²) < 4.78 is 10.2. The summed E-state index contributed by atoms with van der Waals surface area (Å²) in [6, 6.07) is 19.4. The van der Waals surface area contributed by atoms with Crippen LogP contribution in [0.2, 0.25) is 5.04 Å². The average Bonchev–Trinajstić information content (AvgIpc) is 2.76. The van der Waals surface area contributed by atoms with Crippen LogP contribution >= 0.6 is 0 Å². The van der Waals surface area contributed by atoms with Crippen molar-refractivity contribution in [3.63, 3.8) is 0 Å². The topological polar surface area (TPSA) is 89.9 Å². The van der Waals surface area contributed by atoms with E-state index in [1.165, 1.54) is 13.8 Å². The van der Waals surface area contributed by atoms with Crippen LogP contribution < -0.4 is 10.4 Å². The Morgan fingerprint density at radius 2 is 1.32 bits per heavy atom. The maximum Gasteiger partial charge on any atom is 0.303 e. The average molecular weight is 483 g/mol. The van der Waals surface area contributed by atoms with Gasteiger partial charge in [0.25, 0.3) is 0 Å². The molecule has 182 valence electrons. The number of hydrogen-bond acceptors (Lipinski definition) is 6. The fourth-order valence-electron chi connectivity index (χ4n) is 4.54. The van der Waals surface area contributed by atoms with Gasteiger partial charge in [0.15, 0.2) is 25.6 Å². The van der Waals surface area contributed by atoms with Crippen molar-refractivity contribution in [3.8, 4) is 0 Å². The molecule has 2 atom stereocenters. The fourth-order valence-corrected chi connectivity index (χ4v) is 10.2. The third-order valence-electron chi connectivity index (χ3n) is 6.10. The molecule has 0 bridgehead atoms. The summed E-state index contributed by atoms with van der Waals surface area (Å²) in [6.45, 7) is 13.6. The summed E-state index contributed by atoms with van der Waals surface area (Å²) in [5.41, 5.74) is -2.18. The molecule has 2 aromatic carbocycles. The molecule has 2 rings (SSSR count). The van der Waals surface area contributed by atoms with Crippen LogP contribution in [0.5, 0.6) is 0 Å². The standard InChI is InChI=1S/C27H34O6Si/c1-19(25(30)27(7,31)24(33-21(3)29)18-32-20(2)28)34(26(4,5)6,22-14-10-8-11-15-22)23-16-12-9-13-17-23/h8-17,24,31H,1,18H2,2-7H3/t24-,27+/m1/s1. The molecule has 0 aromatic heterocycles. The van der Waals surface area contributed by atoms with E-state index in [1.54, 1.807) is 0 Å². The summed E-state index contributed by atoms with van der Waals surface area (Å²) in [6.07, 6.45) is -1.39. The molecule has 0 fully saturated rings. The number of carbonyl (C=O) groups excluding carboxylic acids is 3. The minimum absolute atomic E-state index is 0.266. The van der Waals surface area contributed by atoms with E-state index in [-0.39, 0.29) is 5.20 Å². The molecule has 0 amide bonds. The third-order valence-corrected chi connectivity index (χ3v) is 11.9. The van der Waals surface area contributed by atoms with Crippen molar-refractivity contribution in [2.75, 3.05) is 6.61 Å². The van der Waals surface area contributed by atoms with E-state index < -0.39 is 49.1 Å². The highest BCUT2D eigenvalue weighted by Gasteiger charge is 2.55. The van der Waals surface area contributed by atoms with E-state index >= 15 is 0 Å². The Morgan fingerprint density at radius 3 is 1.68 bits per heavy atom. The van der Waals surface area contributed by atoms with Crippen molar-refractivity contribution >= 4 is 36.2 Å². The number of carbonyl (C=O) groups is 3. The van der Waals surface area contributed by atoms with Crippen LogP contribution in [0.25, 0.3) is 0 Å². The van der Waals surface area contributed by atoms with Gasteiger partial charge in [-0.25, -0.2) is 0 Å². The predicted molar refractivity (Wildman–Crippen MR) is 135 cm³/mol. The Bertz CT molecular complexity index is 998. The number of ketones is 1. The van der Waals surface area contributed by atoms with Crippen LogP contribution in [0.3, 0.4) is 0 Å². The second-order valence-electron chi connectivity index (χ2n) is 9.59. The van der Waals surface area contributed by atoms with Crippen LogP contribution in [-0.2, 0) is 23.9 Å². The van der Waals surface area contributed by atoms with E-state index in [9.17, 15) is 19.5 Å². The molecule has 0 saturated carbocycles. The highest BCUT2D eigenvalue weighted by atomic mass is 28.3. The van der Waals surface area contributed by atoms with Gasteiger partial charge in [0.2, 0.25) is 0 Å². The van der Waals surface area contributed by atoms with Crippen LogP contribution in [0.1, 0.15) is 41.5 Å². The fraction of sp³-hybridized carbons (Fsp3) is 0.370. The Balaban J connectivity index is 2.72. The number of Topliss-reactive ketones (excluding diaryl/α,β-unsaturated/α-hetero) is 1. The van der Waals surface area contributed by atoms with E-state index in [4.69, 9.17) is 9.47 Å². The molecule has 7 heteroatoms. The van der Waals surface area contributed by atoms with Crippen molar-refractivity contribution < 1.29 is 29.0 Å². The maximum atomic E-state index is 14.0. The number of benzene rings is 2. The van der Waals surface area contributed by atoms with Crippen molar-refractivity contribution in [1.29, 1.82) is 0 Å². The lowest BCUT2D eigenvalue weighted by Gasteiger charge is -2.46. The molecule has 0 radical (unpaired) electrons. The Kier molecular flexibility index (Phi) is 8.39. The molecule has 0 aliphatic rings. The molecule has 2 aromatic rings. The summed E-state index contributed by atoms with van der Waals surface area (Å²) in [5.74, 6) is -1.98. The van der Waals surface area contributed by atoms with Gasteiger partial charge in [0, 0.05) is 13.8 Å². The molecule has 0 aliphatic heterocycles. The molecule has 0 spiro atoms. The van der Waals surface area contributed by atoms with Crippen molar-refractivity contribution in [1.82, 2.24) is 0 Å². The third kappa shape index (κ3) is 5.37. The first kappa shape index (κ1) is 27.2. The zero-order valence-electron chi connectivity index (χ0n) is 20.8. The first-order valence-electron chi connectivity index (χ1n) is 11.1. The summed E-state index contributed by atoms with van der Waals surface area (Å²) in [5, 5.41) is 13.2. The van der Waals surface area contributed by atoms with Gasteiger partial charge in [-0.1, -0.05) is 88.0 Å². The van der Waals surface area contributed by atoms with Gasteiger partial charge in [0.05, 0.1) is 0 Å².